The fourth-order valence-corrected chi connectivity index (χ4v) is 2.95. The molecule has 0 saturated heterocycles. The van der Waals surface area contributed by atoms with Crippen molar-refractivity contribution in [2.24, 2.45) is 0 Å². The lowest BCUT2D eigenvalue weighted by Gasteiger charge is -2.09. The predicted molar refractivity (Wildman–Crippen MR) is 103 cm³/mol. The summed E-state index contributed by atoms with van der Waals surface area (Å²) in [6.45, 7) is 0.854. The van der Waals surface area contributed by atoms with Gasteiger partial charge in [-0.2, -0.15) is 0 Å². The smallest absolute Gasteiger partial charge is 0.239 e. The molecule has 27 heavy (non-hydrogen) atoms. The number of aromatic nitrogens is 4. The number of amides is 1. The van der Waals surface area contributed by atoms with Crippen LogP contribution in [0.25, 0.3) is 11.4 Å². The number of hydrogen-bond acceptors (Lipinski definition) is 5. The molecule has 0 aliphatic heterocycles. The van der Waals surface area contributed by atoms with E-state index >= 15 is 0 Å². The van der Waals surface area contributed by atoms with Crippen LogP contribution < -0.4 is 10.6 Å². The Morgan fingerprint density at radius 2 is 1.96 bits per heavy atom. The molecule has 0 atom stereocenters. The van der Waals surface area contributed by atoms with Crippen LogP contribution in [-0.4, -0.2) is 39.2 Å². The standard InChI is InChI=1S/C20H22N6O/c27-19(21-12-11-15-5-2-1-3-6-15)14-22-17-8-4-7-16(13-17)20-23-24-25-26(20)18-9-10-18/h1-8,13,18,22H,9-12,14H2,(H,21,27). The van der Waals surface area contributed by atoms with E-state index in [0.29, 0.717) is 12.6 Å². The number of benzene rings is 2. The van der Waals surface area contributed by atoms with Crippen molar-refractivity contribution in [2.45, 2.75) is 25.3 Å². The maximum absolute atomic E-state index is 12.1. The molecule has 1 aliphatic rings. The SMILES string of the molecule is O=C(CNc1cccc(-c2nnnn2C2CC2)c1)NCCc1ccccc1. The van der Waals surface area contributed by atoms with Crippen molar-refractivity contribution in [3.05, 3.63) is 60.2 Å². The van der Waals surface area contributed by atoms with Crippen LogP contribution in [0, 0.1) is 0 Å². The van der Waals surface area contributed by atoms with Gasteiger partial charge in [-0.3, -0.25) is 4.79 Å². The molecular weight excluding hydrogens is 340 g/mol. The fraction of sp³-hybridized carbons (Fsp3) is 0.300. The molecule has 0 radical (unpaired) electrons. The van der Waals surface area contributed by atoms with E-state index in [4.69, 9.17) is 0 Å². The Bertz CT molecular complexity index is 904. The summed E-state index contributed by atoms with van der Waals surface area (Å²) in [6.07, 6.45) is 3.07. The van der Waals surface area contributed by atoms with Gasteiger partial charge in [0.1, 0.15) is 0 Å². The predicted octanol–water partition coefficient (Wildman–Crippen LogP) is 2.45. The normalized spacial score (nSPS) is 13.3. The van der Waals surface area contributed by atoms with Gasteiger partial charge in [-0.15, -0.1) is 5.10 Å². The Morgan fingerprint density at radius 1 is 1.11 bits per heavy atom. The van der Waals surface area contributed by atoms with E-state index in [9.17, 15) is 4.79 Å². The quantitative estimate of drug-likeness (QED) is 0.643. The van der Waals surface area contributed by atoms with Crippen molar-refractivity contribution in [3.8, 4) is 11.4 Å². The number of hydrogen-bond donors (Lipinski definition) is 2. The lowest BCUT2D eigenvalue weighted by molar-refractivity contribution is -0.119. The van der Waals surface area contributed by atoms with Gasteiger partial charge in [0.25, 0.3) is 0 Å². The molecule has 2 aromatic carbocycles. The first-order chi connectivity index (χ1) is 13.3. The number of rotatable bonds is 8. The molecule has 138 valence electrons. The second kappa shape index (κ2) is 7.99. The summed E-state index contributed by atoms with van der Waals surface area (Å²) >= 11 is 0. The molecule has 2 N–H and O–H groups in total. The number of carbonyl (C=O) groups is 1. The number of tetrazole rings is 1. The first-order valence-corrected chi connectivity index (χ1v) is 9.22. The van der Waals surface area contributed by atoms with Crippen molar-refractivity contribution in [2.75, 3.05) is 18.4 Å². The number of nitrogens with one attached hydrogen (secondary N) is 2. The fourth-order valence-electron chi connectivity index (χ4n) is 2.95. The average molecular weight is 362 g/mol. The third-order valence-electron chi connectivity index (χ3n) is 4.54. The Labute approximate surface area is 157 Å². The van der Waals surface area contributed by atoms with Crippen molar-refractivity contribution in [1.29, 1.82) is 0 Å². The summed E-state index contributed by atoms with van der Waals surface area (Å²) in [5.41, 5.74) is 3.03. The van der Waals surface area contributed by atoms with Gasteiger partial charge < -0.3 is 10.6 Å². The van der Waals surface area contributed by atoms with E-state index in [1.807, 2.05) is 47.1 Å². The molecule has 7 nitrogen and oxygen atoms in total. The highest BCUT2D eigenvalue weighted by molar-refractivity contribution is 5.81. The van der Waals surface area contributed by atoms with E-state index in [0.717, 1.165) is 36.3 Å². The van der Waals surface area contributed by atoms with E-state index < -0.39 is 0 Å². The minimum atomic E-state index is -0.0286. The third kappa shape index (κ3) is 4.49. The summed E-state index contributed by atoms with van der Waals surface area (Å²) in [5, 5.41) is 18.1. The Balaban J connectivity index is 1.29. The highest BCUT2D eigenvalue weighted by Crippen LogP contribution is 2.36. The largest absolute Gasteiger partial charge is 0.376 e. The van der Waals surface area contributed by atoms with Crippen LogP contribution in [0.2, 0.25) is 0 Å². The highest BCUT2D eigenvalue weighted by atomic mass is 16.1. The molecule has 1 aliphatic carbocycles. The van der Waals surface area contributed by atoms with Gasteiger partial charge in [-0.1, -0.05) is 42.5 Å². The van der Waals surface area contributed by atoms with Gasteiger partial charge in [0, 0.05) is 17.8 Å². The Hall–Kier alpha value is -3.22. The van der Waals surface area contributed by atoms with Crippen LogP contribution in [0.4, 0.5) is 5.69 Å². The van der Waals surface area contributed by atoms with Crippen LogP contribution >= 0.6 is 0 Å². The average Bonchev–Trinajstić information content (AvgIpc) is 3.44. The van der Waals surface area contributed by atoms with Gasteiger partial charge >= 0.3 is 0 Å². The molecule has 1 heterocycles. The molecule has 1 amide bonds. The number of anilines is 1. The van der Waals surface area contributed by atoms with E-state index in [1.54, 1.807) is 0 Å². The van der Waals surface area contributed by atoms with Crippen molar-refractivity contribution in [1.82, 2.24) is 25.5 Å². The zero-order chi connectivity index (χ0) is 18.5. The van der Waals surface area contributed by atoms with Crippen LogP contribution in [-0.2, 0) is 11.2 Å². The Morgan fingerprint density at radius 3 is 2.78 bits per heavy atom. The minimum absolute atomic E-state index is 0.0286. The van der Waals surface area contributed by atoms with Crippen molar-refractivity contribution in [3.63, 3.8) is 0 Å². The van der Waals surface area contributed by atoms with Gasteiger partial charge in [0.2, 0.25) is 5.91 Å². The van der Waals surface area contributed by atoms with Gasteiger partial charge in [-0.25, -0.2) is 4.68 Å². The second-order valence-electron chi connectivity index (χ2n) is 6.70. The van der Waals surface area contributed by atoms with Crippen LogP contribution in [0.5, 0.6) is 0 Å². The van der Waals surface area contributed by atoms with Crippen molar-refractivity contribution < 1.29 is 4.79 Å². The van der Waals surface area contributed by atoms with Gasteiger partial charge in [0.15, 0.2) is 5.82 Å². The lowest BCUT2D eigenvalue weighted by atomic mass is 10.1. The molecule has 4 rings (SSSR count). The first-order valence-electron chi connectivity index (χ1n) is 9.22. The summed E-state index contributed by atoms with van der Waals surface area (Å²) < 4.78 is 1.88. The van der Waals surface area contributed by atoms with E-state index in [2.05, 4.69) is 38.3 Å². The van der Waals surface area contributed by atoms with E-state index in [-0.39, 0.29) is 12.5 Å². The van der Waals surface area contributed by atoms with E-state index in [1.165, 1.54) is 5.56 Å². The van der Waals surface area contributed by atoms with Crippen molar-refractivity contribution >= 4 is 11.6 Å². The van der Waals surface area contributed by atoms with Crippen LogP contribution in [0.1, 0.15) is 24.4 Å². The summed E-state index contributed by atoms with van der Waals surface area (Å²) in [6, 6.07) is 18.4. The summed E-state index contributed by atoms with van der Waals surface area (Å²) in [5.74, 6) is 0.743. The van der Waals surface area contributed by atoms with Gasteiger partial charge in [-0.05, 0) is 47.4 Å². The first kappa shape index (κ1) is 17.2. The molecule has 7 heteroatoms. The van der Waals surface area contributed by atoms with Crippen LogP contribution in [0.15, 0.2) is 54.6 Å². The zero-order valence-electron chi connectivity index (χ0n) is 15.0. The lowest BCUT2D eigenvalue weighted by Crippen LogP contribution is -2.31. The second-order valence-corrected chi connectivity index (χ2v) is 6.70. The molecule has 1 aromatic heterocycles. The molecule has 1 fully saturated rings. The van der Waals surface area contributed by atoms with Gasteiger partial charge in [0.05, 0.1) is 12.6 Å². The molecular formula is C20H22N6O. The Kier molecular flexibility index (Phi) is 5.09. The third-order valence-corrected chi connectivity index (χ3v) is 4.54. The maximum Gasteiger partial charge on any atom is 0.239 e. The maximum atomic E-state index is 12.1. The monoisotopic (exact) mass is 362 g/mol. The minimum Gasteiger partial charge on any atom is -0.376 e. The number of carbonyl (C=O) groups excluding carboxylic acids is 1. The molecule has 0 unspecified atom stereocenters. The van der Waals surface area contributed by atoms with Crippen LogP contribution in [0.3, 0.4) is 0 Å². The highest BCUT2D eigenvalue weighted by Gasteiger charge is 2.28. The molecule has 0 bridgehead atoms. The molecule has 0 spiro atoms. The summed E-state index contributed by atoms with van der Waals surface area (Å²) in [4.78, 5) is 12.1. The molecule has 3 aromatic rings. The topological polar surface area (TPSA) is 84.7 Å². The zero-order valence-corrected chi connectivity index (χ0v) is 15.0. The molecule has 1 saturated carbocycles. The number of nitrogens with zero attached hydrogens (tertiary/aromatic N) is 4. The summed E-state index contributed by atoms with van der Waals surface area (Å²) in [7, 11) is 0.